The summed E-state index contributed by atoms with van der Waals surface area (Å²) < 4.78 is 0. The minimum Gasteiger partial charge on any atom is -0.309 e. The van der Waals surface area contributed by atoms with Crippen LogP contribution in [0.3, 0.4) is 0 Å². The van der Waals surface area contributed by atoms with Gasteiger partial charge in [-0.2, -0.15) is 0 Å². The summed E-state index contributed by atoms with van der Waals surface area (Å²) in [6.45, 7) is 17.9. The van der Waals surface area contributed by atoms with E-state index in [1.807, 2.05) is 0 Å². The number of hydrogen-bond acceptors (Lipinski definition) is 2. The monoisotopic (exact) mass is 952 g/mol. The van der Waals surface area contributed by atoms with Crippen LogP contribution in [0.15, 0.2) is 218 Å². The lowest BCUT2D eigenvalue weighted by Crippen LogP contribution is -2.14. The Bertz CT molecular complexity index is 3800. The van der Waals surface area contributed by atoms with Gasteiger partial charge in [0.15, 0.2) is 0 Å². The number of rotatable bonds is 10. The maximum absolute atomic E-state index is 2.55. The summed E-state index contributed by atoms with van der Waals surface area (Å²) in [5.41, 5.74) is 26.6. The first kappa shape index (κ1) is 46.4. The smallest absolute Gasteiger partial charge is 0.0540 e. The quantitative estimate of drug-likeness (QED) is 0.126. The lowest BCUT2D eigenvalue weighted by molar-refractivity contribution is 1.23. The molecule has 0 atom stereocenters. The second-order valence-electron chi connectivity index (χ2n) is 20.5. The minimum absolute atomic E-state index is 1.15. The van der Waals surface area contributed by atoms with Gasteiger partial charge in [0, 0.05) is 33.5 Å². The zero-order valence-electron chi connectivity index (χ0n) is 43.7. The van der Waals surface area contributed by atoms with E-state index in [0.717, 1.165) is 34.1 Å². The summed E-state index contributed by atoms with van der Waals surface area (Å²) in [6.07, 6.45) is 0. The first-order valence-electron chi connectivity index (χ1n) is 26.0. The predicted octanol–water partition coefficient (Wildman–Crippen LogP) is 20.7. The Morgan fingerprint density at radius 1 is 0.216 bits per heavy atom. The molecular weight excluding hydrogens is 893 g/mol. The highest BCUT2D eigenvalue weighted by Crippen LogP contribution is 2.51. The highest BCUT2D eigenvalue weighted by molar-refractivity contribution is 6.28. The van der Waals surface area contributed by atoms with E-state index in [2.05, 4.69) is 284 Å². The lowest BCUT2D eigenvalue weighted by Gasteiger charge is -2.32. The maximum Gasteiger partial charge on any atom is 0.0540 e. The first-order chi connectivity index (χ1) is 36.0. The van der Waals surface area contributed by atoms with Gasteiger partial charge in [0.25, 0.3) is 0 Å². The fourth-order valence-electron chi connectivity index (χ4n) is 11.8. The molecular formula is C72H60N2. The highest BCUT2D eigenvalue weighted by atomic mass is 15.2. The lowest BCUT2D eigenvalue weighted by atomic mass is 9.90. The normalized spacial score (nSPS) is 11.5. The molecule has 0 aromatic heterocycles. The molecule has 0 amide bonds. The molecule has 12 rings (SSSR count). The minimum atomic E-state index is 1.15. The first-order valence-corrected chi connectivity index (χ1v) is 26.0. The van der Waals surface area contributed by atoms with Crippen LogP contribution >= 0.6 is 0 Å². The molecule has 12 aromatic rings. The van der Waals surface area contributed by atoms with E-state index in [4.69, 9.17) is 0 Å². The molecule has 0 saturated heterocycles. The predicted molar refractivity (Wildman–Crippen MR) is 319 cm³/mol. The second-order valence-corrected chi connectivity index (χ2v) is 20.5. The molecule has 0 unspecified atom stereocenters. The van der Waals surface area contributed by atoms with Gasteiger partial charge in [0.05, 0.1) is 11.4 Å². The van der Waals surface area contributed by atoms with E-state index in [9.17, 15) is 0 Å². The van der Waals surface area contributed by atoms with Crippen LogP contribution in [0.4, 0.5) is 34.1 Å². The van der Waals surface area contributed by atoms with Crippen molar-refractivity contribution in [1.82, 2.24) is 0 Å². The van der Waals surface area contributed by atoms with Crippen LogP contribution in [0.5, 0.6) is 0 Å². The Balaban J connectivity index is 1.13. The van der Waals surface area contributed by atoms with Gasteiger partial charge in [0.1, 0.15) is 0 Å². The second kappa shape index (κ2) is 18.7. The highest BCUT2D eigenvalue weighted by Gasteiger charge is 2.26. The van der Waals surface area contributed by atoms with E-state index in [1.54, 1.807) is 0 Å². The van der Waals surface area contributed by atoms with Crippen LogP contribution in [-0.2, 0) is 0 Å². The van der Waals surface area contributed by atoms with Crippen LogP contribution in [0.1, 0.15) is 44.5 Å². The van der Waals surface area contributed by atoms with E-state index in [-0.39, 0.29) is 0 Å². The van der Waals surface area contributed by atoms with Crippen molar-refractivity contribution in [3.63, 3.8) is 0 Å². The van der Waals surface area contributed by atoms with Gasteiger partial charge in [-0.05, 0) is 202 Å². The summed E-state index contributed by atoms with van der Waals surface area (Å²) >= 11 is 0. The molecule has 358 valence electrons. The van der Waals surface area contributed by atoms with Crippen LogP contribution in [0, 0.1) is 55.4 Å². The van der Waals surface area contributed by atoms with Crippen LogP contribution in [-0.4, -0.2) is 0 Å². The summed E-state index contributed by atoms with van der Waals surface area (Å²) in [4.78, 5) is 5.10. The third-order valence-corrected chi connectivity index (χ3v) is 15.7. The van der Waals surface area contributed by atoms with Crippen molar-refractivity contribution in [3.8, 4) is 44.5 Å². The Morgan fingerprint density at radius 2 is 0.527 bits per heavy atom. The molecule has 0 aliphatic heterocycles. The summed E-state index contributed by atoms with van der Waals surface area (Å²) in [7, 11) is 0. The number of nitrogens with zero attached hydrogens (tertiary/aromatic N) is 2. The van der Waals surface area contributed by atoms with Crippen molar-refractivity contribution >= 4 is 66.4 Å². The maximum atomic E-state index is 2.55. The van der Waals surface area contributed by atoms with Crippen molar-refractivity contribution in [2.45, 2.75) is 55.4 Å². The van der Waals surface area contributed by atoms with E-state index >= 15 is 0 Å². The zero-order chi connectivity index (χ0) is 50.8. The molecule has 0 aliphatic rings. The molecule has 0 spiro atoms. The van der Waals surface area contributed by atoms with E-state index in [1.165, 1.54) is 121 Å². The van der Waals surface area contributed by atoms with Crippen LogP contribution in [0.25, 0.3) is 76.8 Å². The summed E-state index contributed by atoms with van der Waals surface area (Å²) in [6, 6.07) is 81.6. The van der Waals surface area contributed by atoms with Crippen molar-refractivity contribution in [3.05, 3.63) is 263 Å². The van der Waals surface area contributed by atoms with Crippen molar-refractivity contribution in [2.75, 3.05) is 9.80 Å². The largest absolute Gasteiger partial charge is 0.309 e. The van der Waals surface area contributed by atoms with Crippen LogP contribution in [0.2, 0.25) is 0 Å². The Hall–Kier alpha value is -8.72. The fraction of sp³-hybridized carbons (Fsp3) is 0.111. The molecule has 0 fully saturated rings. The zero-order valence-corrected chi connectivity index (χ0v) is 43.7. The summed E-state index contributed by atoms with van der Waals surface area (Å²) in [5.74, 6) is 0. The van der Waals surface area contributed by atoms with E-state index < -0.39 is 0 Å². The molecule has 2 nitrogen and oxygen atoms in total. The number of anilines is 6. The van der Waals surface area contributed by atoms with Gasteiger partial charge in [-0.25, -0.2) is 0 Å². The molecule has 0 saturated carbocycles. The van der Waals surface area contributed by atoms with Gasteiger partial charge in [0.2, 0.25) is 0 Å². The van der Waals surface area contributed by atoms with Crippen LogP contribution < -0.4 is 9.80 Å². The van der Waals surface area contributed by atoms with Gasteiger partial charge in [-0.1, -0.05) is 182 Å². The number of benzene rings is 12. The van der Waals surface area contributed by atoms with E-state index in [0.29, 0.717) is 0 Å². The number of hydrogen-bond donors (Lipinski definition) is 0. The summed E-state index contributed by atoms with van der Waals surface area (Å²) in [5, 5.41) is 7.39. The molecule has 0 aliphatic carbocycles. The third kappa shape index (κ3) is 7.99. The Morgan fingerprint density at radius 3 is 0.878 bits per heavy atom. The molecule has 2 heteroatoms. The standard InChI is InChI=1S/C72H60N2/c1-45-25-29-57(53-21-11-9-12-22-53)41-65(45)73(67-43-59(31-27-47(67)3)69-49(5)17-15-18-50(69)6)63-39-35-55-34-38-62-64(40-36-56-33-37-61(63)71(55)72(56)62)74(66-42-58(30-26-46(66)2)54-23-13-10-14-24-54)68-44-60(32-28-48(68)4)70-51(7)19-16-20-52(70)8/h9-44H,1-8H3. The molecule has 0 radical (unpaired) electrons. The fourth-order valence-corrected chi connectivity index (χ4v) is 11.8. The SMILES string of the molecule is Cc1ccc(-c2ccccc2)cc1N(c1cc(-c2c(C)cccc2C)ccc1C)c1ccc2ccc3c(N(c4cc(-c5ccccc5)ccc4C)c4cc(-c5c(C)cccc5C)ccc4C)ccc4ccc1c2c43. The van der Waals surface area contributed by atoms with Crippen molar-refractivity contribution in [1.29, 1.82) is 0 Å². The molecule has 12 aromatic carbocycles. The average molecular weight is 953 g/mol. The number of aryl methyl sites for hydroxylation is 8. The Labute approximate surface area is 436 Å². The third-order valence-electron chi connectivity index (χ3n) is 15.7. The molecule has 0 N–H and O–H groups in total. The average Bonchev–Trinajstić information content (AvgIpc) is 3.42. The van der Waals surface area contributed by atoms with Gasteiger partial charge in [-0.15, -0.1) is 0 Å². The Kier molecular flexibility index (Phi) is 11.7. The van der Waals surface area contributed by atoms with Gasteiger partial charge < -0.3 is 9.80 Å². The topological polar surface area (TPSA) is 6.48 Å². The van der Waals surface area contributed by atoms with Gasteiger partial charge in [-0.3, -0.25) is 0 Å². The van der Waals surface area contributed by atoms with Crippen molar-refractivity contribution in [2.24, 2.45) is 0 Å². The molecule has 0 bridgehead atoms. The van der Waals surface area contributed by atoms with Gasteiger partial charge >= 0.3 is 0 Å². The molecule has 74 heavy (non-hydrogen) atoms. The van der Waals surface area contributed by atoms with Crippen molar-refractivity contribution < 1.29 is 0 Å². The molecule has 0 heterocycles.